The van der Waals surface area contributed by atoms with Crippen LogP contribution in [-0.2, 0) is 17.6 Å². The average Bonchev–Trinajstić information content (AvgIpc) is 3.02. The molecule has 1 aliphatic rings. The highest BCUT2D eigenvalue weighted by Crippen LogP contribution is 2.33. The van der Waals surface area contributed by atoms with E-state index in [2.05, 4.69) is 10.3 Å². The molecule has 134 valence electrons. The summed E-state index contributed by atoms with van der Waals surface area (Å²) in [7, 11) is 0. The molecule has 1 atom stereocenters. The number of nitrogens with zero attached hydrogens (tertiary/aromatic N) is 2. The van der Waals surface area contributed by atoms with Crippen molar-refractivity contribution in [2.45, 2.75) is 45.6 Å². The van der Waals surface area contributed by atoms with Gasteiger partial charge in [-0.15, -0.1) is 11.3 Å². The van der Waals surface area contributed by atoms with Gasteiger partial charge in [0.25, 0.3) is 5.56 Å². The standard InChI is InChI=1S/C20H21N3O2S/c1-12-7-9-14(10-8-12)22-18(24)13(2)23-11-21-19-17(20(23)25)15-5-3-4-6-16(15)26-19/h7-11,13H,3-6H2,1-2H3,(H,22,24). The van der Waals surface area contributed by atoms with Crippen LogP contribution in [0.1, 0.15) is 41.8 Å². The summed E-state index contributed by atoms with van der Waals surface area (Å²) in [5.74, 6) is -0.221. The Morgan fingerprint density at radius 3 is 2.73 bits per heavy atom. The number of anilines is 1. The number of hydrogen-bond acceptors (Lipinski definition) is 4. The van der Waals surface area contributed by atoms with Crippen LogP contribution in [-0.4, -0.2) is 15.5 Å². The minimum Gasteiger partial charge on any atom is -0.324 e. The van der Waals surface area contributed by atoms with Crippen LogP contribution in [0.2, 0.25) is 0 Å². The summed E-state index contributed by atoms with van der Waals surface area (Å²) in [4.78, 5) is 32.2. The van der Waals surface area contributed by atoms with E-state index in [-0.39, 0.29) is 11.5 Å². The normalized spacial score (nSPS) is 14.8. The van der Waals surface area contributed by atoms with E-state index in [0.717, 1.165) is 40.9 Å². The Kier molecular flexibility index (Phi) is 4.36. The largest absolute Gasteiger partial charge is 0.324 e. The lowest BCUT2D eigenvalue weighted by Crippen LogP contribution is -2.32. The van der Waals surface area contributed by atoms with E-state index in [0.29, 0.717) is 5.39 Å². The zero-order valence-electron chi connectivity index (χ0n) is 14.9. The first kappa shape index (κ1) is 17.0. The lowest BCUT2D eigenvalue weighted by molar-refractivity contribution is -0.118. The van der Waals surface area contributed by atoms with Gasteiger partial charge in [0, 0.05) is 10.6 Å². The maximum Gasteiger partial charge on any atom is 0.263 e. The maximum atomic E-state index is 13.1. The Hall–Kier alpha value is -2.47. The Bertz CT molecular complexity index is 1030. The van der Waals surface area contributed by atoms with Crippen LogP contribution in [0.5, 0.6) is 0 Å². The van der Waals surface area contributed by atoms with Gasteiger partial charge in [0.1, 0.15) is 10.9 Å². The number of carbonyl (C=O) groups excluding carboxylic acids is 1. The molecule has 0 saturated carbocycles. The van der Waals surface area contributed by atoms with Gasteiger partial charge in [0.15, 0.2) is 0 Å². The second-order valence-corrected chi connectivity index (χ2v) is 7.96. The van der Waals surface area contributed by atoms with Crippen LogP contribution in [0.3, 0.4) is 0 Å². The van der Waals surface area contributed by atoms with E-state index >= 15 is 0 Å². The van der Waals surface area contributed by atoms with Crippen molar-refractivity contribution in [3.8, 4) is 0 Å². The quantitative estimate of drug-likeness (QED) is 0.765. The first-order valence-electron chi connectivity index (χ1n) is 8.93. The van der Waals surface area contributed by atoms with Crippen molar-refractivity contribution in [3.05, 3.63) is 57.0 Å². The molecule has 3 aromatic rings. The highest BCUT2D eigenvalue weighted by molar-refractivity contribution is 7.18. The number of thiophene rings is 1. The van der Waals surface area contributed by atoms with Gasteiger partial charge >= 0.3 is 0 Å². The van der Waals surface area contributed by atoms with Crippen molar-refractivity contribution in [1.82, 2.24) is 9.55 Å². The summed E-state index contributed by atoms with van der Waals surface area (Å²) in [6.45, 7) is 3.73. The number of carbonyl (C=O) groups is 1. The van der Waals surface area contributed by atoms with Crippen LogP contribution < -0.4 is 10.9 Å². The monoisotopic (exact) mass is 367 g/mol. The number of hydrogen-bond donors (Lipinski definition) is 1. The summed E-state index contributed by atoms with van der Waals surface area (Å²) in [6, 6.07) is 6.98. The first-order valence-corrected chi connectivity index (χ1v) is 9.75. The van der Waals surface area contributed by atoms with Gasteiger partial charge in [-0.2, -0.15) is 0 Å². The van der Waals surface area contributed by atoms with E-state index in [1.54, 1.807) is 18.3 Å². The van der Waals surface area contributed by atoms with Gasteiger partial charge in [-0.1, -0.05) is 17.7 Å². The highest BCUT2D eigenvalue weighted by Gasteiger charge is 2.23. The molecular formula is C20H21N3O2S. The predicted molar refractivity (Wildman–Crippen MR) is 105 cm³/mol. The van der Waals surface area contributed by atoms with Gasteiger partial charge in [-0.3, -0.25) is 14.2 Å². The second kappa shape index (κ2) is 6.68. The first-order chi connectivity index (χ1) is 12.5. The van der Waals surface area contributed by atoms with Crippen molar-refractivity contribution in [2.75, 3.05) is 5.32 Å². The number of benzene rings is 1. The SMILES string of the molecule is Cc1ccc(NC(=O)C(C)n2cnc3sc4c(c3c2=O)CCCC4)cc1. The fourth-order valence-electron chi connectivity index (χ4n) is 3.44. The third-order valence-electron chi connectivity index (χ3n) is 5.02. The fourth-order valence-corrected chi connectivity index (χ4v) is 4.66. The van der Waals surface area contributed by atoms with Crippen LogP contribution in [0.4, 0.5) is 5.69 Å². The summed E-state index contributed by atoms with van der Waals surface area (Å²) in [6.07, 6.45) is 5.74. The number of aryl methyl sites for hydroxylation is 3. The van der Waals surface area contributed by atoms with Crippen LogP contribution in [0.15, 0.2) is 35.4 Å². The van der Waals surface area contributed by atoms with Gasteiger partial charge in [-0.05, 0) is 57.2 Å². The van der Waals surface area contributed by atoms with Gasteiger partial charge < -0.3 is 5.32 Å². The van der Waals surface area contributed by atoms with Crippen molar-refractivity contribution >= 4 is 33.1 Å². The van der Waals surface area contributed by atoms with Gasteiger partial charge in [0.05, 0.1) is 11.7 Å². The summed E-state index contributed by atoms with van der Waals surface area (Å²) in [5.41, 5.74) is 2.89. The van der Waals surface area contributed by atoms with Crippen LogP contribution in [0.25, 0.3) is 10.2 Å². The number of amides is 1. The van der Waals surface area contributed by atoms with E-state index in [9.17, 15) is 9.59 Å². The lowest BCUT2D eigenvalue weighted by atomic mass is 9.97. The van der Waals surface area contributed by atoms with Crippen LogP contribution in [0, 0.1) is 6.92 Å². The molecule has 1 unspecified atom stereocenters. The Morgan fingerprint density at radius 2 is 1.96 bits per heavy atom. The number of rotatable bonds is 3. The Balaban J connectivity index is 1.67. The summed E-state index contributed by atoms with van der Waals surface area (Å²) < 4.78 is 1.45. The summed E-state index contributed by atoms with van der Waals surface area (Å²) >= 11 is 1.62. The molecule has 0 radical (unpaired) electrons. The molecule has 5 nitrogen and oxygen atoms in total. The molecule has 0 saturated heterocycles. The maximum absolute atomic E-state index is 13.1. The minimum absolute atomic E-state index is 0.110. The topological polar surface area (TPSA) is 64.0 Å². The second-order valence-electron chi connectivity index (χ2n) is 6.88. The average molecular weight is 367 g/mol. The molecular weight excluding hydrogens is 346 g/mol. The van der Waals surface area contributed by atoms with E-state index in [4.69, 9.17) is 0 Å². The minimum atomic E-state index is -0.625. The molecule has 0 bridgehead atoms. The molecule has 4 rings (SSSR count). The van der Waals surface area contributed by atoms with Crippen molar-refractivity contribution in [1.29, 1.82) is 0 Å². The third kappa shape index (κ3) is 2.94. The molecule has 2 aromatic heterocycles. The smallest absolute Gasteiger partial charge is 0.263 e. The fraction of sp³-hybridized carbons (Fsp3) is 0.350. The number of aromatic nitrogens is 2. The third-order valence-corrected chi connectivity index (χ3v) is 6.22. The molecule has 0 aliphatic heterocycles. The van der Waals surface area contributed by atoms with Crippen molar-refractivity contribution in [2.24, 2.45) is 0 Å². The van der Waals surface area contributed by atoms with E-state index in [1.165, 1.54) is 22.2 Å². The molecule has 0 fully saturated rings. The van der Waals surface area contributed by atoms with Gasteiger partial charge in [0.2, 0.25) is 5.91 Å². The predicted octanol–water partition coefficient (Wildman–Crippen LogP) is 3.84. The zero-order chi connectivity index (χ0) is 18.3. The van der Waals surface area contributed by atoms with Crippen molar-refractivity contribution < 1.29 is 4.79 Å². The lowest BCUT2D eigenvalue weighted by Gasteiger charge is -2.15. The molecule has 2 heterocycles. The van der Waals surface area contributed by atoms with E-state index < -0.39 is 6.04 Å². The summed E-state index contributed by atoms with van der Waals surface area (Å²) in [5, 5.41) is 3.59. The number of fused-ring (bicyclic) bond motifs is 3. The molecule has 26 heavy (non-hydrogen) atoms. The molecule has 6 heteroatoms. The number of nitrogens with one attached hydrogen (secondary N) is 1. The van der Waals surface area contributed by atoms with Crippen molar-refractivity contribution in [3.63, 3.8) is 0 Å². The molecule has 1 amide bonds. The molecule has 1 N–H and O–H groups in total. The Morgan fingerprint density at radius 1 is 1.23 bits per heavy atom. The Labute approximate surface area is 155 Å². The van der Waals surface area contributed by atoms with E-state index in [1.807, 2.05) is 31.2 Å². The zero-order valence-corrected chi connectivity index (χ0v) is 15.7. The molecule has 1 aliphatic carbocycles. The van der Waals surface area contributed by atoms with Gasteiger partial charge in [-0.25, -0.2) is 4.98 Å². The highest BCUT2D eigenvalue weighted by atomic mass is 32.1. The molecule has 1 aromatic carbocycles. The molecule has 0 spiro atoms. The van der Waals surface area contributed by atoms with Crippen LogP contribution >= 0.6 is 11.3 Å².